The van der Waals surface area contributed by atoms with Gasteiger partial charge in [-0.25, -0.2) is 0 Å². The third kappa shape index (κ3) is 4.93. The molecule has 0 aliphatic carbocycles. The van der Waals surface area contributed by atoms with Crippen molar-refractivity contribution in [2.75, 3.05) is 13.6 Å². The number of aromatic nitrogens is 1. The number of thiocarbonyl (C=S) groups is 1. The zero-order valence-corrected chi connectivity index (χ0v) is 13.7. The second-order valence-electron chi connectivity index (χ2n) is 4.99. The van der Waals surface area contributed by atoms with Gasteiger partial charge in [-0.15, -0.1) is 0 Å². The van der Waals surface area contributed by atoms with Crippen molar-refractivity contribution in [1.29, 1.82) is 0 Å². The fourth-order valence-electron chi connectivity index (χ4n) is 1.89. The molecule has 0 saturated heterocycles. The van der Waals surface area contributed by atoms with E-state index in [-0.39, 0.29) is 0 Å². The summed E-state index contributed by atoms with van der Waals surface area (Å²) in [7, 11) is 1.96. The average Bonchev–Trinajstić information content (AvgIpc) is 2.58. The Hall–Kier alpha value is -2.27. The van der Waals surface area contributed by atoms with Crippen LogP contribution >= 0.6 is 12.2 Å². The van der Waals surface area contributed by atoms with E-state index in [1.165, 1.54) is 5.56 Å². The van der Waals surface area contributed by atoms with Crippen LogP contribution in [-0.2, 0) is 6.42 Å². The summed E-state index contributed by atoms with van der Waals surface area (Å²) in [5, 5.41) is 4.89. The summed E-state index contributed by atoms with van der Waals surface area (Å²) in [5.41, 5.74) is 5.86. The molecule has 2 aromatic rings. The van der Waals surface area contributed by atoms with E-state index in [0.717, 1.165) is 24.4 Å². The molecule has 1 aromatic carbocycles. The van der Waals surface area contributed by atoms with Crippen molar-refractivity contribution in [2.24, 2.45) is 5.10 Å². The third-order valence-corrected chi connectivity index (χ3v) is 3.68. The van der Waals surface area contributed by atoms with E-state index >= 15 is 0 Å². The molecule has 0 fully saturated rings. The minimum atomic E-state index is 0.603. The third-order valence-electron chi connectivity index (χ3n) is 3.28. The van der Waals surface area contributed by atoms with Gasteiger partial charge in [0.05, 0.1) is 11.4 Å². The van der Waals surface area contributed by atoms with Crippen LogP contribution in [0.2, 0.25) is 0 Å². The largest absolute Gasteiger partial charge is 0.351 e. The van der Waals surface area contributed by atoms with Crippen molar-refractivity contribution in [1.82, 2.24) is 15.3 Å². The van der Waals surface area contributed by atoms with Crippen LogP contribution in [0.5, 0.6) is 0 Å². The maximum absolute atomic E-state index is 5.35. The number of hydrazone groups is 1. The van der Waals surface area contributed by atoms with Crippen LogP contribution in [0.15, 0.2) is 59.8 Å². The van der Waals surface area contributed by atoms with Crippen LogP contribution in [0, 0.1) is 0 Å². The van der Waals surface area contributed by atoms with Gasteiger partial charge >= 0.3 is 0 Å². The summed E-state index contributed by atoms with van der Waals surface area (Å²) in [6.07, 6.45) is 2.70. The van der Waals surface area contributed by atoms with E-state index in [4.69, 9.17) is 12.2 Å². The molecule has 0 aliphatic heterocycles. The predicted molar refractivity (Wildman–Crippen MR) is 95.0 cm³/mol. The molecule has 1 heterocycles. The van der Waals surface area contributed by atoms with E-state index in [1.54, 1.807) is 6.20 Å². The SMILES string of the molecule is C/C(=N/NC(=S)N(C)CCc1ccccc1)c1ccccn1. The Morgan fingerprint density at radius 3 is 2.59 bits per heavy atom. The summed E-state index contributed by atoms with van der Waals surface area (Å²) in [5.74, 6) is 0. The first-order valence-corrected chi connectivity index (χ1v) is 7.58. The number of pyridine rings is 1. The molecule has 0 radical (unpaired) electrons. The average molecular weight is 312 g/mol. The van der Waals surface area contributed by atoms with Crippen LogP contribution in [0.1, 0.15) is 18.2 Å². The summed E-state index contributed by atoms with van der Waals surface area (Å²) in [6.45, 7) is 2.75. The van der Waals surface area contributed by atoms with Gasteiger partial charge in [0.1, 0.15) is 0 Å². The summed E-state index contributed by atoms with van der Waals surface area (Å²) >= 11 is 5.35. The Bertz CT molecular complexity index is 626. The van der Waals surface area contributed by atoms with Gasteiger partial charge in [0.15, 0.2) is 5.11 Å². The van der Waals surface area contributed by atoms with Gasteiger partial charge in [-0.2, -0.15) is 5.10 Å². The molecule has 5 heteroatoms. The number of hydrogen-bond donors (Lipinski definition) is 1. The normalized spacial score (nSPS) is 11.1. The molecule has 0 unspecified atom stereocenters. The highest BCUT2D eigenvalue weighted by Gasteiger charge is 2.04. The lowest BCUT2D eigenvalue weighted by Gasteiger charge is -2.19. The number of likely N-dealkylation sites (N-methyl/N-ethyl adjacent to an activating group) is 1. The van der Waals surface area contributed by atoms with E-state index < -0.39 is 0 Å². The first kappa shape index (κ1) is 16.1. The molecule has 0 spiro atoms. The number of nitrogens with one attached hydrogen (secondary N) is 1. The lowest BCUT2D eigenvalue weighted by atomic mass is 10.1. The lowest BCUT2D eigenvalue weighted by molar-refractivity contribution is 0.499. The Morgan fingerprint density at radius 2 is 1.91 bits per heavy atom. The fraction of sp³-hybridized carbons (Fsp3) is 0.235. The first-order chi connectivity index (χ1) is 10.7. The molecule has 1 N–H and O–H groups in total. The van der Waals surface area contributed by atoms with Gasteiger partial charge in [0.2, 0.25) is 0 Å². The minimum Gasteiger partial charge on any atom is -0.351 e. The lowest BCUT2D eigenvalue weighted by Crippen LogP contribution is -2.36. The molecule has 114 valence electrons. The minimum absolute atomic E-state index is 0.603. The quantitative estimate of drug-likeness (QED) is 0.523. The Balaban J connectivity index is 1.84. The van der Waals surface area contributed by atoms with Crippen molar-refractivity contribution in [3.63, 3.8) is 0 Å². The van der Waals surface area contributed by atoms with Crippen molar-refractivity contribution in [2.45, 2.75) is 13.3 Å². The summed E-state index contributed by atoms with van der Waals surface area (Å²) in [6, 6.07) is 16.1. The van der Waals surface area contributed by atoms with Gasteiger partial charge in [0, 0.05) is 19.8 Å². The van der Waals surface area contributed by atoms with E-state index in [0.29, 0.717) is 5.11 Å². The molecule has 0 bridgehead atoms. The first-order valence-electron chi connectivity index (χ1n) is 7.17. The summed E-state index contributed by atoms with van der Waals surface area (Å²) in [4.78, 5) is 6.23. The molecule has 1 aromatic heterocycles. The number of benzene rings is 1. The second-order valence-corrected chi connectivity index (χ2v) is 5.37. The zero-order valence-electron chi connectivity index (χ0n) is 12.9. The maximum Gasteiger partial charge on any atom is 0.189 e. The Labute approximate surface area is 136 Å². The molecule has 2 rings (SSSR count). The van der Waals surface area contributed by atoms with Crippen LogP contribution in [0.3, 0.4) is 0 Å². The Morgan fingerprint density at radius 1 is 1.18 bits per heavy atom. The van der Waals surface area contributed by atoms with Crippen molar-refractivity contribution in [3.05, 3.63) is 66.0 Å². The molecule has 0 amide bonds. The standard InChI is InChI=1S/C17H20N4S/c1-14(16-10-6-7-12-18-16)19-20-17(22)21(2)13-11-15-8-4-3-5-9-15/h3-10,12H,11,13H2,1-2H3,(H,20,22)/b19-14-. The molecule has 0 aliphatic rings. The molecular formula is C17H20N4S. The predicted octanol–water partition coefficient (Wildman–Crippen LogP) is 2.85. The van der Waals surface area contributed by atoms with Crippen molar-refractivity contribution >= 4 is 23.0 Å². The fourth-order valence-corrected chi connectivity index (χ4v) is 2.03. The highest BCUT2D eigenvalue weighted by atomic mass is 32.1. The monoisotopic (exact) mass is 312 g/mol. The van der Waals surface area contributed by atoms with Crippen molar-refractivity contribution < 1.29 is 0 Å². The van der Waals surface area contributed by atoms with Crippen molar-refractivity contribution in [3.8, 4) is 0 Å². The van der Waals surface area contributed by atoms with Crippen LogP contribution < -0.4 is 5.43 Å². The molecule has 0 atom stereocenters. The van der Waals surface area contributed by atoms with Crippen LogP contribution in [0.25, 0.3) is 0 Å². The van der Waals surface area contributed by atoms with E-state index in [2.05, 4.69) is 27.6 Å². The van der Waals surface area contributed by atoms with Gasteiger partial charge in [-0.05, 0) is 43.3 Å². The number of hydrogen-bond acceptors (Lipinski definition) is 3. The van der Waals surface area contributed by atoms with E-state index in [9.17, 15) is 0 Å². The highest BCUT2D eigenvalue weighted by molar-refractivity contribution is 7.80. The van der Waals surface area contributed by atoms with Crippen LogP contribution in [-0.4, -0.2) is 34.3 Å². The maximum atomic E-state index is 5.35. The van der Waals surface area contributed by atoms with Crippen LogP contribution in [0.4, 0.5) is 0 Å². The van der Waals surface area contributed by atoms with Gasteiger partial charge in [0.25, 0.3) is 0 Å². The topological polar surface area (TPSA) is 40.5 Å². The summed E-state index contributed by atoms with van der Waals surface area (Å²) < 4.78 is 0. The van der Waals surface area contributed by atoms with Gasteiger partial charge < -0.3 is 4.90 Å². The molecule has 4 nitrogen and oxygen atoms in total. The highest BCUT2D eigenvalue weighted by Crippen LogP contribution is 2.01. The number of nitrogens with zero attached hydrogens (tertiary/aromatic N) is 3. The van der Waals surface area contributed by atoms with Gasteiger partial charge in [-0.1, -0.05) is 36.4 Å². The number of rotatable bonds is 5. The smallest absolute Gasteiger partial charge is 0.189 e. The van der Waals surface area contributed by atoms with Gasteiger partial charge in [-0.3, -0.25) is 10.4 Å². The van der Waals surface area contributed by atoms with E-state index in [1.807, 2.05) is 55.3 Å². The zero-order chi connectivity index (χ0) is 15.8. The second kappa shape index (κ2) is 8.24. The molecule has 22 heavy (non-hydrogen) atoms. The Kier molecular flexibility index (Phi) is 6.03. The molecular weight excluding hydrogens is 292 g/mol. The molecule has 0 saturated carbocycles.